The molecule has 2 aromatic carbocycles. The molecule has 29 heavy (non-hydrogen) atoms. The Labute approximate surface area is 178 Å². The van der Waals surface area contributed by atoms with E-state index in [1.807, 2.05) is 32.0 Å². The first-order valence-corrected chi connectivity index (χ1v) is 10.0. The van der Waals surface area contributed by atoms with Gasteiger partial charge in [-0.25, -0.2) is 0 Å². The van der Waals surface area contributed by atoms with Crippen LogP contribution in [0.1, 0.15) is 16.7 Å². The second-order valence-corrected chi connectivity index (χ2v) is 7.93. The topological polar surface area (TPSA) is 76.1 Å². The van der Waals surface area contributed by atoms with Gasteiger partial charge in [0, 0.05) is 16.7 Å². The molecule has 0 unspecified atom stereocenters. The minimum atomic E-state index is -0.442. The lowest BCUT2D eigenvalue weighted by atomic mass is 10.1. The second-order valence-electron chi connectivity index (χ2n) is 6.50. The number of benzene rings is 2. The predicted octanol–water partition coefficient (Wildman–Crippen LogP) is 4.79. The van der Waals surface area contributed by atoms with Gasteiger partial charge in [-0.1, -0.05) is 23.7 Å². The summed E-state index contributed by atoms with van der Waals surface area (Å²) >= 11 is 6.83. The van der Waals surface area contributed by atoms with E-state index in [-0.39, 0.29) is 34.8 Å². The zero-order chi connectivity index (χ0) is 21.1. The van der Waals surface area contributed by atoms with E-state index in [0.717, 1.165) is 33.5 Å². The van der Waals surface area contributed by atoms with Crippen molar-refractivity contribution < 1.29 is 24.2 Å². The Bertz CT molecular complexity index is 1000. The van der Waals surface area contributed by atoms with Crippen molar-refractivity contribution in [1.82, 2.24) is 4.90 Å². The highest BCUT2D eigenvalue weighted by Gasteiger charge is 2.35. The van der Waals surface area contributed by atoms with Crippen molar-refractivity contribution >= 4 is 40.6 Å². The quantitative estimate of drug-likeness (QED) is 0.660. The van der Waals surface area contributed by atoms with E-state index in [4.69, 9.17) is 21.1 Å². The summed E-state index contributed by atoms with van der Waals surface area (Å²) in [6.07, 6.45) is 1.43. The van der Waals surface area contributed by atoms with Gasteiger partial charge >= 0.3 is 0 Å². The van der Waals surface area contributed by atoms with Crippen molar-refractivity contribution in [2.75, 3.05) is 20.3 Å². The zero-order valence-corrected chi connectivity index (χ0v) is 17.8. The number of nitrogens with zero attached hydrogens (tertiary/aromatic N) is 1. The van der Waals surface area contributed by atoms with Crippen LogP contribution >= 0.6 is 23.4 Å². The highest BCUT2D eigenvalue weighted by molar-refractivity contribution is 8.18. The predicted molar refractivity (Wildman–Crippen MR) is 114 cm³/mol. The molecule has 0 radical (unpaired) electrons. The van der Waals surface area contributed by atoms with E-state index in [0.29, 0.717) is 10.6 Å². The lowest BCUT2D eigenvalue weighted by Gasteiger charge is -2.14. The highest BCUT2D eigenvalue weighted by atomic mass is 35.5. The molecular formula is C21H20ClNO5S. The molecule has 0 aromatic heterocycles. The maximum Gasteiger partial charge on any atom is 0.293 e. The van der Waals surface area contributed by atoms with Gasteiger partial charge < -0.3 is 14.6 Å². The molecule has 1 fully saturated rings. The van der Waals surface area contributed by atoms with Crippen molar-refractivity contribution in [2.24, 2.45) is 0 Å². The van der Waals surface area contributed by atoms with Crippen molar-refractivity contribution in [3.63, 3.8) is 0 Å². The van der Waals surface area contributed by atoms with Gasteiger partial charge in [0.05, 0.1) is 18.6 Å². The molecule has 6 nitrogen and oxygen atoms in total. The van der Waals surface area contributed by atoms with Crippen LogP contribution in [0.3, 0.4) is 0 Å². The van der Waals surface area contributed by atoms with Crippen LogP contribution in [0.15, 0.2) is 35.2 Å². The van der Waals surface area contributed by atoms with Crippen LogP contribution in [-0.2, 0) is 4.79 Å². The SMILES string of the molecule is COc1cc(Cl)cc(/C=C2\SC(=O)N(CCOc3cc(C)ccc3C)C2=O)c1O. The molecular weight excluding hydrogens is 414 g/mol. The number of carbonyl (C=O) groups excluding carboxylic acids is 2. The molecule has 0 bridgehead atoms. The molecule has 2 amide bonds. The van der Waals surface area contributed by atoms with Crippen LogP contribution < -0.4 is 9.47 Å². The van der Waals surface area contributed by atoms with Crippen molar-refractivity contribution in [1.29, 1.82) is 0 Å². The van der Waals surface area contributed by atoms with Gasteiger partial charge in [0.25, 0.3) is 11.1 Å². The fourth-order valence-electron chi connectivity index (χ4n) is 2.80. The fraction of sp³-hybridized carbons (Fsp3) is 0.238. The van der Waals surface area contributed by atoms with Gasteiger partial charge in [0.2, 0.25) is 0 Å². The van der Waals surface area contributed by atoms with Gasteiger partial charge in [-0.05, 0) is 54.9 Å². The molecule has 2 aromatic rings. The highest BCUT2D eigenvalue weighted by Crippen LogP contribution is 2.38. The summed E-state index contributed by atoms with van der Waals surface area (Å²) in [4.78, 5) is 26.3. The summed E-state index contributed by atoms with van der Waals surface area (Å²) in [6, 6.07) is 8.82. The number of phenols is 1. The molecule has 1 heterocycles. The number of methoxy groups -OCH3 is 1. The summed E-state index contributed by atoms with van der Waals surface area (Å²) in [6.45, 7) is 4.21. The summed E-state index contributed by atoms with van der Waals surface area (Å²) in [5.74, 6) is 0.318. The van der Waals surface area contributed by atoms with Gasteiger partial charge in [0.15, 0.2) is 11.5 Å². The molecule has 1 aliphatic rings. The number of hydrogen-bond acceptors (Lipinski definition) is 6. The third-order valence-electron chi connectivity index (χ3n) is 4.37. The molecule has 0 saturated carbocycles. The lowest BCUT2D eigenvalue weighted by Crippen LogP contribution is -2.32. The van der Waals surface area contributed by atoms with E-state index < -0.39 is 5.91 Å². The second kappa shape index (κ2) is 8.80. The normalized spacial score (nSPS) is 15.3. The fourth-order valence-corrected chi connectivity index (χ4v) is 3.88. The van der Waals surface area contributed by atoms with E-state index in [9.17, 15) is 14.7 Å². The summed E-state index contributed by atoms with van der Waals surface area (Å²) in [5.41, 5.74) is 2.35. The molecule has 8 heteroatoms. The first-order chi connectivity index (χ1) is 13.8. The molecule has 0 atom stereocenters. The zero-order valence-electron chi connectivity index (χ0n) is 16.2. The molecule has 3 rings (SSSR count). The molecule has 1 saturated heterocycles. The number of hydrogen-bond donors (Lipinski definition) is 1. The average Bonchev–Trinajstić information content (AvgIpc) is 2.94. The number of rotatable bonds is 6. The van der Waals surface area contributed by atoms with Crippen LogP contribution in [-0.4, -0.2) is 41.4 Å². The minimum absolute atomic E-state index is 0.125. The first kappa shape index (κ1) is 21.1. The maximum absolute atomic E-state index is 12.6. The molecule has 0 aliphatic carbocycles. The Morgan fingerprint density at radius 2 is 1.93 bits per heavy atom. The standard InChI is InChI=1S/C21H20ClNO5S/c1-12-4-5-13(2)16(8-12)28-7-6-23-20(25)18(29-21(23)26)10-14-9-15(22)11-17(27-3)19(14)24/h4-5,8-11,24H,6-7H2,1-3H3/b18-10-. The molecule has 152 valence electrons. The first-order valence-electron chi connectivity index (χ1n) is 8.82. The molecule has 1 N–H and O–H groups in total. The van der Waals surface area contributed by atoms with Gasteiger partial charge in [-0.3, -0.25) is 14.5 Å². The van der Waals surface area contributed by atoms with Crippen LogP contribution in [0.5, 0.6) is 17.2 Å². The van der Waals surface area contributed by atoms with Crippen molar-refractivity contribution in [3.8, 4) is 17.2 Å². The Balaban J connectivity index is 1.72. The third-order valence-corrected chi connectivity index (χ3v) is 5.49. The Kier molecular flexibility index (Phi) is 6.39. The number of ether oxygens (including phenoxy) is 2. The third kappa shape index (κ3) is 4.68. The van der Waals surface area contributed by atoms with Gasteiger partial charge in [-0.15, -0.1) is 0 Å². The van der Waals surface area contributed by atoms with Gasteiger partial charge in [-0.2, -0.15) is 0 Å². The Morgan fingerprint density at radius 1 is 1.17 bits per heavy atom. The van der Waals surface area contributed by atoms with Crippen molar-refractivity contribution in [3.05, 3.63) is 56.9 Å². The number of thioether (sulfide) groups is 1. The number of phenolic OH excluding ortho intramolecular Hbond substituents is 1. The molecule has 0 spiro atoms. The van der Waals surface area contributed by atoms with E-state index in [2.05, 4.69) is 0 Å². The van der Waals surface area contributed by atoms with E-state index in [1.165, 1.54) is 25.3 Å². The minimum Gasteiger partial charge on any atom is -0.504 e. The summed E-state index contributed by atoms with van der Waals surface area (Å²) in [5, 5.41) is 10.2. The summed E-state index contributed by atoms with van der Waals surface area (Å²) < 4.78 is 10.8. The monoisotopic (exact) mass is 433 g/mol. The number of aromatic hydroxyl groups is 1. The van der Waals surface area contributed by atoms with Crippen LogP contribution in [0.2, 0.25) is 5.02 Å². The van der Waals surface area contributed by atoms with E-state index >= 15 is 0 Å². The smallest absolute Gasteiger partial charge is 0.293 e. The van der Waals surface area contributed by atoms with Crippen LogP contribution in [0.25, 0.3) is 6.08 Å². The van der Waals surface area contributed by atoms with Crippen molar-refractivity contribution in [2.45, 2.75) is 13.8 Å². The molecule has 1 aliphatic heterocycles. The Morgan fingerprint density at radius 3 is 2.66 bits per heavy atom. The maximum atomic E-state index is 12.6. The average molecular weight is 434 g/mol. The number of amides is 2. The Hall–Kier alpha value is -2.64. The number of aryl methyl sites for hydroxylation is 2. The van der Waals surface area contributed by atoms with Crippen LogP contribution in [0, 0.1) is 13.8 Å². The summed E-state index contributed by atoms with van der Waals surface area (Å²) in [7, 11) is 1.40. The van der Waals surface area contributed by atoms with Gasteiger partial charge in [0.1, 0.15) is 12.4 Å². The number of imide groups is 1. The largest absolute Gasteiger partial charge is 0.504 e. The number of halogens is 1. The lowest BCUT2D eigenvalue weighted by molar-refractivity contribution is -0.123. The number of carbonyl (C=O) groups is 2. The van der Waals surface area contributed by atoms with Crippen LogP contribution in [0.4, 0.5) is 4.79 Å². The van der Waals surface area contributed by atoms with E-state index in [1.54, 1.807) is 0 Å².